The molecule has 0 N–H and O–H groups in total. The molecule has 0 fully saturated rings. The summed E-state index contributed by atoms with van der Waals surface area (Å²) in [5.41, 5.74) is 2.50. The van der Waals surface area contributed by atoms with E-state index in [9.17, 15) is 9.18 Å². The summed E-state index contributed by atoms with van der Waals surface area (Å²) in [5.74, 6) is 0.381. The van der Waals surface area contributed by atoms with E-state index < -0.39 is 5.82 Å². The summed E-state index contributed by atoms with van der Waals surface area (Å²) in [6.07, 6.45) is 5.60. The molecule has 162 valence electrons. The third-order valence-corrected chi connectivity index (χ3v) is 5.08. The van der Waals surface area contributed by atoms with Gasteiger partial charge in [-0.15, -0.1) is 0 Å². The zero-order chi connectivity index (χ0) is 22.5. The van der Waals surface area contributed by atoms with Gasteiger partial charge in [0.05, 0.1) is 11.3 Å². The smallest absolute Gasteiger partial charge is 0.254 e. The van der Waals surface area contributed by atoms with Gasteiger partial charge in [0.1, 0.15) is 5.82 Å². The van der Waals surface area contributed by atoms with Crippen LogP contribution in [0.3, 0.4) is 0 Å². The lowest BCUT2D eigenvalue weighted by Gasteiger charge is -2.22. The quantitative estimate of drug-likeness (QED) is 0.445. The standard InChI is InChI=1S/C24H23FN6O/c1-3-30(14-10-19-11-15-31(29-19)22-7-4-6-17(2)28-22)24(32)21-16-18(25)8-9-20(21)23-26-12-5-13-27-23/h4-9,11-13,15-16H,3,10,14H2,1-2H3. The summed E-state index contributed by atoms with van der Waals surface area (Å²) in [5, 5.41) is 4.58. The molecule has 4 aromatic rings. The highest BCUT2D eigenvalue weighted by Gasteiger charge is 2.21. The Labute approximate surface area is 185 Å². The van der Waals surface area contributed by atoms with Gasteiger partial charge in [-0.1, -0.05) is 6.07 Å². The number of likely N-dealkylation sites (N-methyl/N-ethyl adjacent to an activating group) is 1. The van der Waals surface area contributed by atoms with E-state index in [-0.39, 0.29) is 11.5 Å². The molecule has 4 rings (SSSR count). The first-order chi connectivity index (χ1) is 15.5. The van der Waals surface area contributed by atoms with Crippen molar-refractivity contribution in [1.82, 2.24) is 29.6 Å². The van der Waals surface area contributed by atoms with Crippen LogP contribution in [0, 0.1) is 12.7 Å². The van der Waals surface area contributed by atoms with Gasteiger partial charge in [-0.3, -0.25) is 4.79 Å². The highest BCUT2D eigenvalue weighted by atomic mass is 19.1. The van der Waals surface area contributed by atoms with Crippen LogP contribution in [-0.4, -0.2) is 48.6 Å². The highest BCUT2D eigenvalue weighted by molar-refractivity contribution is 6.00. The zero-order valence-corrected chi connectivity index (χ0v) is 17.9. The number of benzene rings is 1. The molecule has 0 aliphatic heterocycles. The molecule has 1 amide bonds. The highest BCUT2D eigenvalue weighted by Crippen LogP contribution is 2.23. The molecule has 1 aromatic carbocycles. The van der Waals surface area contributed by atoms with Crippen molar-refractivity contribution in [1.29, 1.82) is 0 Å². The largest absolute Gasteiger partial charge is 0.339 e. The van der Waals surface area contributed by atoms with Gasteiger partial charge in [0.2, 0.25) is 0 Å². The Morgan fingerprint density at radius 3 is 2.66 bits per heavy atom. The third-order valence-electron chi connectivity index (χ3n) is 5.08. The Morgan fingerprint density at radius 1 is 1.09 bits per heavy atom. The molecule has 0 saturated heterocycles. The Morgan fingerprint density at radius 2 is 1.91 bits per heavy atom. The molecule has 0 aliphatic carbocycles. The minimum atomic E-state index is -0.478. The van der Waals surface area contributed by atoms with Crippen LogP contribution in [0.4, 0.5) is 4.39 Å². The SMILES string of the molecule is CCN(CCc1ccn(-c2cccc(C)n2)n1)C(=O)c1cc(F)ccc1-c1ncccn1. The number of aryl methyl sites for hydroxylation is 1. The molecule has 8 heteroatoms. The van der Waals surface area contributed by atoms with Crippen LogP contribution in [-0.2, 0) is 6.42 Å². The predicted octanol–water partition coefficient (Wildman–Crippen LogP) is 3.88. The number of aromatic nitrogens is 5. The van der Waals surface area contributed by atoms with Crippen LogP contribution >= 0.6 is 0 Å². The Bertz CT molecular complexity index is 1220. The van der Waals surface area contributed by atoms with E-state index in [4.69, 9.17) is 0 Å². The van der Waals surface area contributed by atoms with Gasteiger partial charge in [0, 0.05) is 49.4 Å². The zero-order valence-electron chi connectivity index (χ0n) is 17.9. The predicted molar refractivity (Wildman–Crippen MR) is 119 cm³/mol. The third kappa shape index (κ3) is 4.69. The second-order valence-electron chi connectivity index (χ2n) is 7.29. The topological polar surface area (TPSA) is 76.8 Å². The summed E-state index contributed by atoms with van der Waals surface area (Å²) in [6, 6.07) is 13.5. The molecule has 0 unspecified atom stereocenters. The minimum absolute atomic E-state index is 0.243. The van der Waals surface area contributed by atoms with E-state index in [1.165, 1.54) is 12.1 Å². The number of pyridine rings is 1. The van der Waals surface area contributed by atoms with Crippen LogP contribution in [0.2, 0.25) is 0 Å². The fourth-order valence-electron chi connectivity index (χ4n) is 3.43. The van der Waals surface area contributed by atoms with Crippen LogP contribution in [0.1, 0.15) is 28.7 Å². The summed E-state index contributed by atoms with van der Waals surface area (Å²) in [7, 11) is 0. The van der Waals surface area contributed by atoms with Crippen molar-refractivity contribution in [3.63, 3.8) is 0 Å². The summed E-state index contributed by atoms with van der Waals surface area (Å²) < 4.78 is 15.7. The average molecular weight is 430 g/mol. The second-order valence-corrected chi connectivity index (χ2v) is 7.29. The molecule has 0 saturated carbocycles. The maximum absolute atomic E-state index is 14.0. The number of hydrogen-bond acceptors (Lipinski definition) is 5. The molecule has 3 aromatic heterocycles. The van der Waals surface area contributed by atoms with E-state index in [1.807, 2.05) is 44.3 Å². The van der Waals surface area contributed by atoms with E-state index >= 15 is 0 Å². The summed E-state index contributed by atoms with van der Waals surface area (Å²) in [4.78, 5) is 27.8. The molecular formula is C24H23FN6O. The molecule has 0 radical (unpaired) electrons. The molecule has 3 heterocycles. The maximum atomic E-state index is 14.0. The number of hydrogen-bond donors (Lipinski definition) is 0. The van der Waals surface area contributed by atoms with Crippen molar-refractivity contribution < 1.29 is 9.18 Å². The second kappa shape index (κ2) is 9.47. The van der Waals surface area contributed by atoms with E-state index in [2.05, 4.69) is 20.1 Å². The maximum Gasteiger partial charge on any atom is 0.254 e. The van der Waals surface area contributed by atoms with Gasteiger partial charge in [-0.2, -0.15) is 5.10 Å². The van der Waals surface area contributed by atoms with Crippen LogP contribution < -0.4 is 0 Å². The fraction of sp³-hybridized carbons (Fsp3) is 0.208. The van der Waals surface area contributed by atoms with Crippen LogP contribution in [0.5, 0.6) is 0 Å². The van der Waals surface area contributed by atoms with Gasteiger partial charge in [-0.25, -0.2) is 24.0 Å². The van der Waals surface area contributed by atoms with E-state index in [1.54, 1.807) is 34.1 Å². The summed E-state index contributed by atoms with van der Waals surface area (Å²) in [6.45, 7) is 4.74. The van der Waals surface area contributed by atoms with Crippen molar-refractivity contribution in [3.8, 4) is 17.2 Å². The normalized spacial score (nSPS) is 10.8. The first-order valence-electron chi connectivity index (χ1n) is 10.4. The lowest BCUT2D eigenvalue weighted by Crippen LogP contribution is -2.33. The van der Waals surface area contributed by atoms with Crippen molar-refractivity contribution in [2.45, 2.75) is 20.3 Å². The lowest BCUT2D eigenvalue weighted by molar-refractivity contribution is 0.0766. The fourth-order valence-corrected chi connectivity index (χ4v) is 3.43. The number of carbonyl (C=O) groups excluding carboxylic acids is 1. The number of amides is 1. The number of carbonyl (C=O) groups is 1. The van der Waals surface area contributed by atoms with Crippen molar-refractivity contribution in [2.24, 2.45) is 0 Å². The first kappa shape index (κ1) is 21.3. The lowest BCUT2D eigenvalue weighted by atomic mass is 10.0. The van der Waals surface area contributed by atoms with Crippen LogP contribution in [0.25, 0.3) is 17.2 Å². The molecular weight excluding hydrogens is 407 g/mol. The van der Waals surface area contributed by atoms with Crippen molar-refractivity contribution >= 4 is 5.91 Å². The molecule has 0 atom stereocenters. The first-order valence-corrected chi connectivity index (χ1v) is 10.4. The Hall–Kier alpha value is -3.94. The van der Waals surface area contributed by atoms with E-state index in [0.29, 0.717) is 30.9 Å². The molecule has 0 aliphatic rings. The van der Waals surface area contributed by atoms with Gasteiger partial charge < -0.3 is 4.90 Å². The molecule has 32 heavy (non-hydrogen) atoms. The van der Waals surface area contributed by atoms with Gasteiger partial charge in [-0.05, 0) is 56.3 Å². The van der Waals surface area contributed by atoms with Gasteiger partial charge in [0.15, 0.2) is 11.6 Å². The monoisotopic (exact) mass is 430 g/mol. The average Bonchev–Trinajstić information content (AvgIpc) is 3.29. The molecule has 7 nitrogen and oxygen atoms in total. The van der Waals surface area contributed by atoms with Crippen molar-refractivity contribution in [3.05, 3.63) is 89.9 Å². The number of rotatable bonds is 7. The van der Waals surface area contributed by atoms with Crippen LogP contribution in [0.15, 0.2) is 67.1 Å². The molecule has 0 spiro atoms. The minimum Gasteiger partial charge on any atom is -0.339 e. The van der Waals surface area contributed by atoms with E-state index in [0.717, 1.165) is 17.2 Å². The summed E-state index contributed by atoms with van der Waals surface area (Å²) >= 11 is 0. The van der Waals surface area contributed by atoms with Gasteiger partial charge in [0.25, 0.3) is 5.91 Å². The Kier molecular flexibility index (Phi) is 6.30. The number of nitrogens with zero attached hydrogens (tertiary/aromatic N) is 6. The Balaban J connectivity index is 1.52. The number of halogens is 1. The molecule has 0 bridgehead atoms. The van der Waals surface area contributed by atoms with Crippen molar-refractivity contribution in [2.75, 3.05) is 13.1 Å². The van der Waals surface area contributed by atoms with Gasteiger partial charge >= 0.3 is 0 Å².